The van der Waals surface area contributed by atoms with Gasteiger partial charge in [-0.15, -0.1) is 0 Å². The summed E-state index contributed by atoms with van der Waals surface area (Å²) in [6.45, 7) is 4.53. The number of benzene rings is 2. The fourth-order valence-electron chi connectivity index (χ4n) is 2.19. The van der Waals surface area contributed by atoms with E-state index in [1.165, 1.54) is 0 Å². The Morgan fingerprint density at radius 2 is 1.80 bits per heavy atom. The lowest BCUT2D eigenvalue weighted by Crippen LogP contribution is -2.02. The first-order valence-corrected chi connectivity index (χ1v) is 6.70. The summed E-state index contributed by atoms with van der Waals surface area (Å²) >= 11 is 0. The molecule has 0 aliphatic rings. The molecule has 3 heteroatoms. The number of ether oxygens (including phenoxy) is 1. The van der Waals surface area contributed by atoms with Crippen LogP contribution in [0.2, 0.25) is 0 Å². The van der Waals surface area contributed by atoms with Gasteiger partial charge in [-0.2, -0.15) is 0 Å². The average Bonchev–Trinajstić information content (AvgIpc) is 2.45. The van der Waals surface area contributed by atoms with Crippen molar-refractivity contribution >= 4 is 5.97 Å². The van der Waals surface area contributed by atoms with Crippen LogP contribution >= 0.6 is 0 Å². The van der Waals surface area contributed by atoms with Crippen LogP contribution in [-0.2, 0) is 0 Å². The Kier molecular flexibility index (Phi) is 4.41. The minimum absolute atomic E-state index is 0.327. The molecule has 0 atom stereocenters. The van der Waals surface area contributed by atoms with Crippen LogP contribution in [0.15, 0.2) is 42.5 Å². The van der Waals surface area contributed by atoms with E-state index in [4.69, 9.17) is 4.74 Å². The van der Waals surface area contributed by atoms with E-state index < -0.39 is 5.97 Å². The number of para-hydroxylation sites is 1. The lowest BCUT2D eigenvalue weighted by atomic mass is 9.96. The van der Waals surface area contributed by atoms with Gasteiger partial charge in [0.2, 0.25) is 0 Å². The summed E-state index contributed by atoms with van der Waals surface area (Å²) in [6.07, 6.45) is 0.933. The van der Waals surface area contributed by atoms with E-state index in [0.29, 0.717) is 12.2 Å². The zero-order valence-corrected chi connectivity index (χ0v) is 11.7. The minimum Gasteiger partial charge on any atom is -0.493 e. The second-order valence-electron chi connectivity index (χ2n) is 4.63. The molecule has 0 radical (unpaired) electrons. The lowest BCUT2D eigenvalue weighted by Gasteiger charge is -2.14. The summed E-state index contributed by atoms with van der Waals surface area (Å²) in [7, 11) is 0. The SMILES string of the molecule is CCCOc1ccccc1-c1cccc(C(=O)O)c1C. The summed E-state index contributed by atoms with van der Waals surface area (Å²) in [4.78, 5) is 11.2. The molecule has 0 amide bonds. The quantitative estimate of drug-likeness (QED) is 0.887. The Morgan fingerprint density at radius 1 is 1.10 bits per heavy atom. The van der Waals surface area contributed by atoms with Gasteiger partial charge in [0.1, 0.15) is 5.75 Å². The predicted octanol–water partition coefficient (Wildman–Crippen LogP) is 4.15. The van der Waals surface area contributed by atoms with Crippen LogP contribution in [0.1, 0.15) is 29.3 Å². The third kappa shape index (κ3) is 2.82. The molecule has 3 nitrogen and oxygen atoms in total. The van der Waals surface area contributed by atoms with Crippen LogP contribution in [0.25, 0.3) is 11.1 Å². The summed E-state index contributed by atoms with van der Waals surface area (Å²) < 4.78 is 5.75. The molecule has 0 fully saturated rings. The zero-order valence-electron chi connectivity index (χ0n) is 11.7. The smallest absolute Gasteiger partial charge is 0.335 e. The van der Waals surface area contributed by atoms with Crippen molar-refractivity contribution in [2.24, 2.45) is 0 Å². The molecule has 0 heterocycles. The highest BCUT2D eigenvalue weighted by Crippen LogP contribution is 2.33. The molecule has 0 saturated carbocycles. The molecule has 0 aromatic heterocycles. The highest BCUT2D eigenvalue weighted by Gasteiger charge is 2.13. The maximum atomic E-state index is 11.2. The van der Waals surface area contributed by atoms with Gasteiger partial charge in [0.25, 0.3) is 0 Å². The van der Waals surface area contributed by atoms with Crippen LogP contribution < -0.4 is 4.74 Å². The fraction of sp³-hybridized carbons (Fsp3) is 0.235. The molecule has 20 heavy (non-hydrogen) atoms. The Morgan fingerprint density at radius 3 is 2.50 bits per heavy atom. The highest BCUT2D eigenvalue weighted by atomic mass is 16.5. The van der Waals surface area contributed by atoms with Crippen molar-refractivity contribution < 1.29 is 14.6 Å². The van der Waals surface area contributed by atoms with Crippen molar-refractivity contribution in [3.05, 3.63) is 53.6 Å². The van der Waals surface area contributed by atoms with Gasteiger partial charge in [0.05, 0.1) is 12.2 Å². The number of aromatic carboxylic acids is 1. The average molecular weight is 270 g/mol. The van der Waals surface area contributed by atoms with Crippen LogP contribution in [0.3, 0.4) is 0 Å². The maximum absolute atomic E-state index is 11.2. The topological polar surface area (TPSA) is 46.5 Å². The first-order chi connectivity index (χ1) is 9.65. The van der Waals surface area contributed by atoms with E-state index in [0.717, 1.165) is 28.9 Å². The van der Waals surface area contributed by atoms with Gasteiger partial charge in [-0.05, 0) is 36.6 Å². The molecule has 0 bridgehead atoms. The first kappa shape index (κ1) is 14.1. The van der Waals surface area contributed by atoms with Crippen LogP contribution in [-0.4, -0.2) is 17.7 Å². The maximum Gasteiger partial charge on any atom is 0.335 e. The van der Waals surface area contributed by atoms with Crippen molar-refractivity contribution in [3.63, 3.8) is 0 Å². The summed E-state index contributed by atoms with van der Waals surface area (Å²) in [5.74, 6) is -0.115. The first-order valence-electron chi connectivity index (χ1n) is 6.70. The van der Waals surface area contributed by atoms with Crippen molar-refractivity contribution in [2.75, 3.05) is 6.61 Å². The zero-order chi connectivity index (χ0) is 14.5. The van der Waals surface area contributed by atoms with Crippen molar-refractivity contribution in [1.82, 2.24) is 0 Å². The number of carbonyl (C=O) groups is 1. The molecule has 0 spiro atoms. The third-order valence-electron chi connectivity index (χ3n) is 3.20. The number of rotatable bonds is 5. The normalized spacial score (nSPS) is 10.3. The van der Waals surface area contributed by atoms with Gasteiger partial charge in [-0.3, -0.25) is 0 Å². The fourth-order valence-corrected chi connectivity index (χ4v) is 2.19. The summed E-state index contributed by atoms with van der Waals surface area (Å²) in [5.41, 5.74) is 2.92. The van der Waals surface area contributed by atoms with Crippen molar-refractivity contribution in [3.8, 4) is 16.9 Å². The highest BCUT2D eigenvalue weighted by molar-refractivity contribution is 5.92. The molecule has 0 unspecified atom stereocenters. The van der Waals surface area contributed by atoms with Crippen LogP contribution in [0.4, 0.5) is 0 Å². The Bertz CT molecular complexity index is 617. The molecule has 104 valence electrons. The molecule has 2 rings (SSSR count). The van der Waals surface area contributed by atoms with E-state index in [-0.39, 0.29) is 0 Å². The number of hydrogen-bond acceptors (Lipinski definition) is 2. The predicted molar refractivity (Wildman–Crippen MR) is 79.4 cm³/mol. The number of carboxylic acid groups (broad SMARTS) is 1. The van der Waals surface area contributed by atoms with E-state index in [1.54, 1.807) is 12.1 Å². The molecular formula is C17H18O3. The second-order valence-corrected chi connectivity index (χ2v) is 4.63. The third-order valence-corrected chi connectivity index (χ3v) is 3.20. The molecule has 1 N–H and O–H groups in total. The molecule has 0 saturated heterocycles. The monoisotopic (exact) mass is 270 g/mol. The van der Waals surface area contributed by atoms with Crippen molar-refractivity contribution in [1.29, 1.82) is 0 Å². The molecule has 2 aromatic carbocycles. The van der Waals surface area contributed by atoms with Gasteiger partial charge in [-0.1, -0.05) is 37.3 Å². The van der Waals surface area contributed by atoms with Gasteiger partial charge < -0.3 is 9.84 Å². The van der Waals surface area contributed by atoms with E-state index in [1.807, 2.05) is 37.3 Å². The minimum atomic E-state index is -0.906. The van der Waals surface area contributed by atoms with Gasteiger partial charge in [0, 0.05) is 5.56 Å². The van der Waals surface area contributed by atoms with E-state index in [9.17, 15) is 9.90 Å². The summed E-state index contributed by atoms with van der Waals surface area (Å²) in [6, 6.07) is 13.0. The molecule has 0 aliphatic carbocycles. The molecule has 0 aliphatic heterocycles. The second kappa shape index (κ2) is 6.24. The van der Waals surface area contributed by atoms with Gasteiger partial charge in [0.15, 0.2) is 0 Å². The van der Waals surface area contributed by atoms with Gasteiger partial charge in [-0.25, -0.2) is 4.79 Å². The standard InChI is InChI=1S/C17H18O3/c1-3-11-20-16-10-5-4-7-15(16)13-8-6-9-14(12(13)2)17(18)19/h4-10H,3,11H2,1-2H3,(H,18,19). The molecular weight excluding hydrogens is 252 g/mol. The number of hydrogen-bond donors (Lipinski definition) is 1. The Hall–Kier alpha value is -2.29. The largest absolute Gasteiger partial charge is 0.493 e. The molecule has 2 aromatic rings. The lowest BCUT2D eigenvalue weighted by molar-refractivity contribution is 0.0696. The van der Waals surface area contributed by atoms with Crippen LogP contribution in [0, 0.1) is 6.92 Å². The van der Waals surface area contributed by atoms with E-state index in [2.05, 4.69) is 6.92 Å². The Labute approximate surface area is 118 Å². The summed E-state index contributed by atoms with van der Waals surface area (Å²) in [5, 5.41) is 9.22. The Balaban J connectivity index is 2.51. The van der Waals surface area contributed by atoms with Crippen LogP contribution in [0.5, 0.6) is 5.75 Å². The van der Waals surface area contributed by atoms with E-state index >= 15 is 0 Å². The number of carboxylic acids is 1. The van der Waals surface area contributed by atoms with Crippen molar-refractivity contribution in [2.45, 2.75) is 20.3 Å². The van der Waals surface area contributed by atoms with Gasteiger partial charge >= 0.3 is 5.97 Å².